The topological polar surface area (TPSA) is 35.5 Å². The van der Waals surface area contributed by atoms with Crippen LogP contribution >= 0.6 is 0 Å². The SMILES string of the molecule is COC(=O)C1CC[C@@]2(C)C(CC[C@H]3[C@@H]4CC[C@H](C(C)CO[Si](C)(C)C(C)(C)C)[C@@]4(C)CC[C@@H]32)C1. The van der Waals surface area contributed by atoms with E-state index in [4.69, 9.17) is 9.16 Å². The minimum atomic E-state index is -1.69. The van der Waals surface area contributed by atoms with Gasteiger partial charge in [0.1, 0.15) is 0 Å². The third-order valence-corrected chi connectivity index (χ3v) is 17.0. The normalized spacial score (nSPS) is 43.4. The molecule has 0 saturated heterocycles. The summed E-state index contributed by atoms with van der Waals surface area (Å²) in [4.78, 5) is 12.3. The molecule has 0 bridgehead atoms. The summed E-state index contributed by atoms with van der Waals surface area (Å²) in [7, 11) is -0.134. The molecule has 0 heterocycles. The molecule has 3 nitrogen and oxygen atoms in total. The van der Waals surface area contributed by atoms with Gasteiger partial charge in [-0.25, -0.2) is 0 Å². The van der Waals surface area contributed by atoms with Crippen molar-refractivity contribution in [3.05, 3.63) is 0 Å². The van der Waals surface area contributed by atoms with E-state index in [0.29, 0.717) is 22.7 Å². The zero-order chi connectivity index (χ0) is 25.1. The molecule has 4 heteroatoms. The third kappa shape index (κ3) is 4.35. The Morgan fingerprint density at radius 1 is 0.971 bits per heavy atom. The van der Waals surface area contributed by atoms with Crippen LogP contribution in [0.2, 0.25) is 18.1 Å². The van der Waals surface area contributed by atoms with E-state index < -0.39 is 8.32 Å². The Morgan fingerprint density at radius 3 is 2.26 bits per heavy atom. The predicted octanol–water partition coefficient (Wildman–Crippen LogP) is 8.09. The van der Waals surface area contributed by atoms with Gasteiger partial charge in [0.05, 0.1) is 13.0 Å². The monoisotopic (exact) mass is 490 g/mol. The number of hydrogen-bond donors (Lipinski definition) is 0. The Hall–Kier alpha value is -0.353. The largest absolute Gasteiger partial charge is 0.469 e. The summed E-state index contributed by atoms with van der Waals surface area (Å²) in [6, 6.07) is 0. The Labute approximate surface area is 211 Å². The molecule has 34 heavy (non-hydrogen) atoms. The highest BCUT2D eigenvalue weighted by Gasteiger charge is 2.61. The third-order valence-electron chi connectivity index (χ3n) is 12.5. The predicted molar refractivity (Wildman–Crippen MR) is 143 cm³/mol. The highest BCUT2D eigenvalue weighted by atomic mass is 28.4. The Morgan fingerprint density at radius 2 is 1.62 bits per heavy atom. The Bertz CT molecular complexity index is 757. The van der Waals surface area contributed by atoms with E-state index in [1.165, 1.54) is 44.9 Å². The molecule has 0 N–H and O–H groups in total. The van der Waals surface area contributed by atoms with Crippen molar-refractivity contribution in [2.45, 2.75) is 117 Å². The summed E-state index contributed by atoms with van der Waals surface area (Å²) in [5.41, 5.74) is 0.924. The molecule has 0 amide bonds. The van der Waals surface area contributed by atoms with Gasteiger partial charge in [-0.3, -0.25) is 4.79 Å². The fourth-order valence-electron chi connectivity index (χ4n) is 9.29. The van der Waals surface area contributed by atoms with Crippen LogP contribution in [0.5, 0.6) is 0 Å². The quantitative estimate of drug-likeness (QED) is 0.288. The molecule has 0 aromatic heterocycles. The second-order valence-electron chi connectivity index (χ2n) is 14.9. The van der Waals surface area contributed by atoms with Crippen molar-refractivity contribution in [3.8, 4) is 0 Å². The minimum absolute atomic E-state index is 0.0351. The van der Waals surface area contributed by atoms with Gasteiger partial charge >= 0.3 is 5.97 Å². The molecule has 0 aromatic rings. The van der Waals surface area contributed by atoms with Crippen LogP contribution in [-0.4, -0.2) is 28.0 Å². The average Bonchev–Trinajstić information content (AvgIpc) is 3.13. The molecule has 4 aliphatic rings. The summed E-state index contributed by atoms with van der Waals surface area (Å²) in [6.45, 7) is 20.6. The molecule has 3 unspecified atom stereocenters. The lowest BCUT2D eigenvalue weighted by Crippen LogP contribution is -2.54. The zero-order valence-corrected chi connectivity index (χ0v) is 24.8. The summed E-state index contributed by atoms with van der Waals surface area (Å²) in [5, 5.41) is 0.286. The smallest absolute Gasteiger partial charge is 0.308 e. The van der Waals surface area contributed by atoms with E-state index in [9.17, 15) is 4.79 Å². The summed E-state index contributed by atoms with van der Waals surface area (Å²) in [5.74, 6) is 5.01. The maximum absolute atomic E-state index is 12.3. The molecule has 0 spiro atoms. The van der Waals surface area contributed by atoms with Crippen LogP contribution in [0.4, 0.5) is 0 Å². The van der Waals surface area contributed by atoms with Gasteiger partial charge in [0.2, 0.25) is 0 Å². The standard InChI is InChI=1S/C30H54O3Si/c1-20(19-33-34(8,9)28(2,3)4)24-12-13-25-23-11-10-22-18-21(27(31)32-7)14-16-29(22,5)26(23)15-17-30(24,25)6/h20-26H,10-19H2,1-9H3/t20?,21?,22?,23-,24+,25-,26-,29-,30+/m0/s1. The van der Waals surface area contributed by atoms with Crippen LogP contribution < -0.4 is 0 Å². The molecule has 0 radical (unpaired) electrons. The van der Waals surface area contributed by atoms with Crippen molar-refractivity contribution in [1.82, 2.24) is 0 Å². The van der Waals surface area contributed by atoms with E-state index in [2.05, 4.69) is 54.6 Å². The van der Waals surface area contributed by atoms with E-state index in [0.717, 1.165) is 43.1 Å². The molecule has 4 aliphatic carbocycles. The molecule has 4 rings (SSSR count). The molecule has 9 atom stereocenters. The average molecular weight is 491 g/mol. The van der Waals surface area contributed by atoms with Gasteiger partial charge in [0.15, 0.2) is 8.32 Å². The molecular formula is C30H54O3Si. The number of methoxy groups -OCH3 is 1. The van der Waals surface area contributed by atoms with E-state index in [1.54, 1.807) is 7.11 Å². The fraction of sp³-hybridized carbons (Fsp3) is 0.967. The number of rotatable bonds is 5. The Balaban J connectivity index is 1.44. The highest BCUT2D eigenvalue weighted by Crippen LogP contribution is 2.68. The second kappa shape index (κ2) is 9.19. The first-order valence-electron chi connectivity index (χ1n) is 14.5. The van der Waals surface area contributed by atoms with Crippen molar-refractivity contribution in [3.63, 3.8) is 0 Å². The minimum Gasteiger partial charge on any atom is -0.469 e. The first kappa shape index (κ1) is 26.7. The summed E-state index contributed by atoms with van der Waals surface area (Å²) >= 11 is 0. The zero-order valence-electron chi connectivity index (χ0n) is 23.8. The van der Waals surface area contributed by atoms with Gasteiger partial charge in [0, 0.05) is 6.61 Å². The van der Waals surface area contributed by atoms with Crippen molar-refractivity contribution < 1.29 is 14.0 Å². The van der Waals surface area contributed by atoms with Crippen molar-refractivity contribution in [1.29, 1.82) is 0 Å². The molecule has 0 aliphatic heterocycles. The van der Waals surface area contributed by atoms with Crippen LogP contribution in [0.15, 0.2) is 0 Å². The van der Waals surface area contributed by atoms with Crippen LogP contribution in [0.3, 0.4) is 0 Å². The summed E-state index contributed by atoms with van der Waals surface area (Å²) < 4.78 is 11.9. The van der Waals surface area contributed by atoms with Crippen molar-refractivity contribution in [2.75, 3.05) is 13.7 Å². The van der Waals surface area contributed by atoms with Crippen LogP contribution in [0, 0.1) is 52.3 Å². The number of carbonyl (C=O) groups is 1. The van der Waals surface area contributed by atoms with Gasteiger partial charge in [-0.05, 0) is 122 Å². The lowest BCUT2D eigenvalue weighted by molar-refractivity contribution is -0.155. The van der Waals surface area contributed by atoms with Crippen LogP contribution in [0.25, 0.3) is 0 Å². The van der Waals surface area contributed by atoms with Gasteiger partial charge in [0.25, 0.3) is 0 Å². The molecule has 4 saturated carbocycles. The lowest BCUT2D eigenvalue weighted by Gasteiger charge is -2.61. The maximum Gasteiger partial charge on any atom is 0.308 e. The number of hydrogen-bond acceptors (Lipinski definition) is 3. The molecular weight excluding hydrogens is 436 g/mol. The fourth-order valence-corrected chi connectivity index (χ4v) is 10.4. The van der Waals surface area contributed by atoms with Crippen LogP contribution in [-0.2, 0) is 14.0 Å². The van der Waals surface area contributed by atoms with Crippen molar-refractivity contribution >= 4 is 14.3 Å². The number of carbonyl (C=O) groups excluding carboxylic acids is 1. The van der Waals surface area contributed by atoms with E-state index in [-0.39, 0.29) is 16.9 Å². The second-order valence-corrected chi connectivity index (χ2v) is 19.7. The molecule has 196 valence electrons. The van der Waals surface area contributed by atoms with E-state index >= 15 is 0 Å². The highest BCUT2D eigenvalue weighted by molar-refractivity contribution is 6.74. The summed E-state index contributed by atoms with van der Waals surface area (Å²) in [6.07, 6.45) is 11.7. The first-order chi connectivity index (χ1) is 15.7. The number of esters is 1. The molecule has 4 fully saturated rings. The van der Waals surface area contributed by atoms with E-state index in [1.807, 2.05) is 0 Å². The van der Waals surface area contributed by atoms with Gasteiger partial charge in [-0.1, -0.05) is 41.5 Å². The van der Waals surface area contributed by atoms with Gasteiger partial charge < -0.3 is 9.16 Å². The van der Waals surface area contributed by atoms with Gasteiger partial charge in [-0.15, -0.1) is 0 Å². The Kier molecular flexibility index (Phi) is 7.22. The maximum atomic E-state index is 12.3. The number of fused-ring (bicyclic) bond motifs is 5. The first-order valence-corrected chi connectivity index (χ1v) is 17.4. The van der Waals surface area contributed by atoms with Crippen molar-refractivity contribution in [2.24, 2.45) is 52.3 Å². The molecule has 0 aromatic carbocycles. The van der Waals surface area contributed by atoms with Crippen LogP contribution in [0.1, 0.15) is 99.3 Å². The van der Waals surface area contributed by atoms with Gasteiger partial charge in [-0.2, -0.15) is 0 Å². The number of ether oxygens (including phenoxy) is 1. The lowest BCUT2D eigenvalue weighted by atomic mass is 9.44.